The molecule has 0 spiro atoms. The molecular weight excluding hydrogens is 298 g/mol. The molecule has 0 fully saturated rings. The molecule has 0 aliphatic rings. The summed E-state index contributed by atoms with van der Waals surface area (Å²) >= 11 is 1.19. The number of allylic oxidation sites excluding steroid dienone is 2. The fourth-order valence-electron chi connectivity index (χ4n) is 1.37. The van der Waals surface area contributed by atoms with E-state index in [0.29, 0.717) is 18.8 Å². The summed E-state index contributed by atoms with van der Waals surface area (Å²) < 4.78 is 5.01. The third kappa shape index (κ3) is 8.14. The third-order valence-corrected chi connectivity index (χ3v) is 3.27. The molecule has 4 nitrogen and oxygen atoms in total. The first-order valence-corrected chi connectivity index (χ1v) is 7.93. The number of thioether (sulfide) groups is 1. The van der Waals surface area contributed by atoms with Gasteiger partial charge in [-0.3, -0.25) is 0 Å². The zero-order chi connectivity index (χ0) is 16.8. The molecule has 0 saturated carbocycles. The van der Waals surface area contributed by atoms with Crippen LogP contribution >= 0.6 is 11.8 Å². The number of carboxylic acid groups (broad SMARTS) is 1. The fourth-order valence-corrected chi connectivity index (χ4v) is 1.95. The summed E-state index contributed by atoms with van der Waals surface area (Å²) in [6.45, 7) is 6.48. The zero-order valence-electron chi connectivity index (χ0n) is 13.3. The van der Waals surface area contributed by atoms with Crippen molar-refractivity contribution < 1.29 is 14.6 Å². The Balaban J connectivity index is 5.55. The van der Waals surface area contributed by atoms with Gasteiger partial charge in [-0.1, -0.05) is 11.5 Å². The number of ether oxygens (including phenoxy) is 1. The lowest BCUT2D eigenvalue weighted by atomic mass is 10.3. The minimum Gasteiger partial charge on any atom is -0.493 e. The maximum absolute atomic E-state index is 11.2. The molecule has 0 atom stereocenters. The van der Waals surface area contributed by atoms with Gasteiger partial charge in [0.15, 0.2) is 0 Å². The molecule has 0 aliphatic heterocycles. The summed E-state index contributed by atoms with van der Waals surface area (Å²) in [4.78, 5) is 13.3. The van der Waals surface area contributed by atoms with E-state index >= 15 is 0 Å². The van der Waals surface area contributed by atoms with Gasteiger partial charge in [-0.05, 0) is 50.6 Å². The highest BCUT2D eigenvalue weighted by atomic mass is 32.2. The highest BCUT2D eigenvalue weighted by molar-refractivity contribution is 8.03. The van der Waals surface area contributed by atoms with Crippen LogP contribution in [0.15, 0.2) is 58.1 Å². The number of carboxylic acids is 1. The van der Waals surface area contributed by atoms with Crippen molar-refractivity contribution in [2.24, 2.45) is 0 Å². The summed E-state index contributed by atoms with van der Waals surface area (Å²) in [6, 6.07) is 0. The average Bonchev–Trinajstić information content (AvgIpc) is 2.49. The molecule has 0 radical (unpaired) electrons. The van der Waals surface area contributed by atoms with Gasteiger partial charge in [-0.15, -0.1) is 11.8 Å². The van der Waals surface area contributed by atoms with E-state index in [4.69, 9.17) is 4.74 Å². The van der Waals surface area contributed by atoms with Gasteiger partial charge in [0, 0.05) is 12.2 Å². The highest BCUT2D eigenvalue weighted by Gasteiger charge is 2.13. The molecule has 0 saturated heterocycles. The molecule has 0 unspecified atom stereocenters. The Morgan fingerprint density at radius 3 is 2.59 bits per heavy atom. The Kier molecular flexibility index (Phi) is 11.2. The fraction of sp³-hybridized carbons (Fsp3) is 0.353. The SMILES string of the molecule is CC=C=C=CCN(C=C=C=COCC)/C(C)=C(/SC)C(=O)O. The Labute approximate surface area is 136 Å². The van der Waals surface area contributed by atoms with Crippen LogP contribution in [-0.2, 0) is 9.53 Å². The third-order valence-electron chi connectivity index (χ3n) is 2.39. The van der Waals surface area contributed by atoms with Crippen molar-refractivity contribution in [2.45, 2.75) is 20.8 Å². The maximum atomic E-state index is 11.2. The zero-order valence-corrected chi connectivity index (χ0v) is 14.2. The summed E-state index contributed by atoms with van der Waals surface area (Å²) in [6.07, 6.45) is 8.27. The van der Waals surface area contributed by atoms with Crippen LogP contribution in [0.5, 0.6) is 0 Å². The summed E-state index contributed by atoms with van der Waals surface area (Å²) in [7, 11) is 0. The monoisotopic (exact) mass is 319 g/mol. The van der Waals surface area contributed by atoms with Crippen LogP contribution in [-0.4, -0.2) is 35.4 Å². The van der Waals surface area contributed by atoms with Crippen molar-refractivity contribution in [3.8, 4) is 0 Å². The number of nitrogens with zero attached hydrogens (tertiary/aromatic N) is 1. The Morgan fingerprint density at radius 1 is 1.32 bits per heavy atom. The normalized spacial score (nSPS) is 9.82. The van der Waals surface area contributed by atoms with Gasteiger partial charge in [0.25, 0.3) is 0 Å². The average molecular weight is 319 g/mol. The molecule has 118 valence electrons. The second-order valence-electron chi connectivity index (χ2n) is 3.85. The molecule has 0 amide bonds. The molecule has 0 bridgehead atoms. The lowest BCUT2D eigenvalue weighted by Crippen LogP contribution is -2.18. The van der Waals surface area contributed by atoms with Crippen molar-refractivity contribution in [1.29, 1.82) is 0 Å². The van der Waals surface area contributed by atoms with E-state index in [9.17, 15) is 9.90 Å². The van der Waals surface area contributed by atoms with Gasteiger partial charge in [0.1, 0.15) is 11.2 Å². The van der Waals surface area contributed by atoms with E-state index in [1.54, 1.807) is 36.4 Å². The van der Waals surface area contributed by atoms with Crippen molar-refractivity contribution in [1.82, 2.24) is 4.90 Å². The van der Waals surface area contributed by atoms with Crippen molar-refractivity contribution in [3.63, 3.8) is 0 Å². The van der Waals surface area contributed by atoms with Crippen LogP contribution in [0.3, 0.4) is 0 Å². The van der Waals surface area contributed by atoms with Crippen LogP contribution in [0.2, 0.25) is 0 Å². The largest absolute Gasteiger partial charge is 0.493 e. The first kappa shape index (κ1) is 19.8. The molecule has 0 aromatic rings. The van der Waals surface area contributed by atoms with Crippen LogP contribution in [0, 0.1) is 0 Å². The van der Waals surface area contributed by atoms with E-state index in [-0.39, 0.29) is 4.91 Å². The molecule has 5 heteroatoms. The van der Waals surface area contributed by atoms with Crippen LogP contribution < -0.4 is 0 Å². The van der Waals surface area contributed by atoms with Gasteiger partial charge in [-0.2, -0.15) is 0 Å². The van der Waals surface area contributed by atoms with E-state index < -0.39 is 5.97 Å². The first-order valence-electron chi connectivity index (χ1n) is 6.71. The smallest absolute Gasteiger partial charge is 0.343 e. The molecule has 0 rings (SSSR count). The minimum atomic E-state index is -0.954. The minimum absolute atomic E-state index is 0.273. The van der Waals surface area contributed by atoms with Gasteiger partial charge < -0.3 is 14.7 Å². The van der Waals surface area contributed by atoms with E-state index in [2.05, 4.69) is 22.9 Å². The lowest BCUT2D eigenvalue weighted by Gasteiger charge is -2.19. The number of hydrogen-bond donors (Lipinski definition) is 1. The first-order chi connectivity index (χ1) is 10.6. The number of hydrogen-bond acceptors (Lipinski definition) is 4. The van der Waals surface area contributed by atoms with Crippen molar-refractivity contribution >= 4 is 17.7 Å². The summed E-state index contributed by atoms with van der Waals surface area (Å²) in [5.74, 6) is -0.954. The maximum Gasteiger partial charge on any atom is 0.343 e. The standard InChI is InChI=1S/C17H21NO3S/c1-5-7-8-9-12-18(13-10-11-14-21-6-2)15(3)16(22-4)17(19)20/h5,9,13-14H,6,12H2,1-4H3,(H,19,20)/b9-5?,14-13?,16-15+. The molecule has 0 aliphatic carbocycles. The molecular formula is C17H21NO3S. The number of rotatable bonds is 8. The Morgan fingerprint density at radius 2 is 2.05 bits per heavy atom. The number of carbonyl (C=O) groups is 1. The van der Waals surface area contributed by atoms with Gasteiger partial charge >= 0.3 is 5.97 Å². The van der Waals surface area contributed by atoms with Crippen molar-refractivity contribution in [2.75, 3.05) is 19.4 Å². The van der Waals surface area contributed by atoms with Gasteiger partial charge in [0.2, 0.25) is 0 Å². The molecule has 0 aromatic heterocycles. The lowest BCUT2D eigenvalue weighted by molar-refractivity contribution is -0.131. The predicted octanol–water partition coefficient (Wildman–Crippen LogP) is 3.67. The van der Waals surface area contributed by atoms with Crippen LogP contribution in [0.1, 0.15) is 20.8 Å². The van der Waals surface area contributed by atoms with E-state index in [1.807, 2.05) is 13.8 Å². The van der Waals surface area contributed by atoms with Crippen LogP contribution in [0.25, 0.3) is 0 Å². The van der Waals surface area contributed by atoms with Gasteiger partial charge in [0.05, 0.1) is 12.8 Å². The van der Waals surface area contributed by atoms with Gasteiger partial charge in [-0.25, -0.2) is 4.79 Å². The van der Waals surface area contributed by atoms with E-state index in [1.165, 1.54) is 18.0 Å². The molecule has 22 heavy (non-hydrogen) atoms. The Bertz CT molecular complexity index is 593. The van der Waals surface area contributed by atoms with Crippen LogP contribution in [0.4, 0.5) is 0 Å². The highest BCUT2D eigenvalue weighted by Crippen LogP contribution is 2.20. The summed E-state index contributed by atoms with van der Waals surface area (Å²) in [5.41, 5.74) is 11.9. The quantitative estimate of drug-likeness (QED) is 0.420. The van der Waals surface area contributed by atoms with Crippen molar-refractivity contribution in [3.05, 3.63) is 58.1 Å². The predicted molar refractivity (Wildman–Crippen MR) is 90.2 cm³/mol. The number of aliphatic carboxylic acids is 1. The second kappa shape index (κ2) is 12.5. The summed E-state index contributed by atoms with van der Waals surface area (Å²) in [5, 5.41) is 9.22. The molecule has 0 aromatic carbocycles. The topological polar surface area (TPSA) is 49.8 Å². The van der Waals surface area contributed by atoms with E-state index in [0.717, 1.165) is 0 Å². The Hall–Kier alpha value is -2.24. The molecule has 0 heterocycles. The second-order valence-corrected chi connectivity index (χ2v) is 4.67. The molecule has 1 N–H and O–H groups in total.